The fourth-order valence-electron chi connectivity index (χ4n) is 4.34. The lowest BCUT2D eigenvalue weighted by Crippen LogP contribution is -2.30. The summed E-state index contributed by atoms with van der Waals surface area (Å²) in [6.45, 7) is 6.87. The van der Waals surface area contributed by atoms with Crippen molar-refractivity contribution in [2.75, 3.05) is 25.7 Å². The van der Waals surface area contributed by atoms with E-state index in [1.54, 1.807) is 0 Å². The molecule has 1 aliphatic carbocycles. The average molecular weight is 848 g/mol. The molecule has 2 aromatic carbocycles. The molecular weight excluding hydrogens is 810 g/mol. The lowest BCUT2D eigenvalue weighted by Gasteiger charge is -2.11. The van der Waals surface area contributed by atoms with Gasteiger partial charge in [-0.05, 0) is 43.5 Å². The lowest BCUT2D eigenvalue weighted by molar-refractivity contribution is -0.138. The van der Waals surface area contributed by atoms with Crippen molar-refractivity contribution in [3.8, 4) is 23.8 Å². The second kappa shape index (κ2) is 18.1. The van der Waals surface area contributed by atoms with E-state index in [4.69, 9.17) is 70.6 Å². The molecule has 0 radical (unpaired) electrons. The Bertz CT molecular complexity index is 2260. The predicted molar refractivity (Wildman–Crippen MR) is 202 cm³/mol. The Balaban J connectivity index is 0.000000231. The van der Waals surface area contributed by atoms with E-state index in [0.29, 0.717) is 28.7 Å². The molecule has 0 saturated heterocycles. The van der Waals surface area contributed by atoms with Crippen molar-refractivity contribution in [1.29, 1.82) is 0 Å². The van der Waals surface area contributed by atoms with Crippen LogP contribution in [0.25, 0.3) is 5.69 Å². The Kier molecular flexibility index (Phi) is 14.9. The van der Waals surface area contributed by atoms with Gasteiger partial charge < -0.3 is 29.4 Å². The van der Waals surface area contributed by atoms with E-state index in [-0.39, 0.29) is 50.6 Å². The maximum absolute atomic E-state index is 12.6. The fraction of sp³-hybridized carbons (Fsp3) is 0.382. The number of benzene rings is 2. The van der Waals surface area contributed by atoms with Gasteiger partial charge in [0.15, 0.2) is 28.7 Å². The predicted octanol–water partition coefficient (Wildman–Crippen LogP) is 5.97. The third-order valence-electron chi connectivity index (χ3n) is 7.28. The van der Waals surface area contributed by atoms with Crippen molar-refractivity contribution in [3.05, 3.63) is 84.9 Å². The van der Waals surface area contributed by atoms with E-state index < -0.39 is 46.2 Å². The van der Waals surface area contributed by atoms with E-state index >= 15 is 0 Å². The number of ether oxygens (including phenoxy) is 1. The Labute approximate surface area is 326 Å². The molecule has 15 nitrogen and oxygen atoms in total. The number of rotatable bonds is 11. The Morgan fingerprint density at radius 1 is 1.17 bits per heavy atom. The summed E-state index contributed by atoms with van der Waals surface area (Å²) in [4.78, 5) is 43.4. The highest BCUT2D eigenvalue weighted by molar-refractivity contribution is 7.90. The number of terminal acetylenes is 1. The molecule has 2 aromatic heterocycles. The highest BCUT2D eigenvalue weighted by Gasteiger charge is 2.34. The molecular formula is C34H38Cl3N4O11PS. The number of carbonyl (C=O) groups excluding carboxylic acids is 1. The number of carbonyl (C=O) groups is 2. The number of halogens is 3. The lowest BCUT2D eigenvalue weighted by atomic mass is 9.97. The highest BCUT2D eigenvalue weighted by atomic mass is 35.5. The van der Waals surface area contributed by atoms with Gasteiger partial charge in [0, 0.05) is 47.1 Å². The summed E-state index contributed by atoms with van der Waals surface area (Å²) >= 11 is 18.0. The highest BCUT2D eigenvalue weighted by Crippen LogP contribution is 2.42. The maximum Gasteiger partial charge on any atom is 0.442 e. The van der Waals surface area contributed by atoms with Crippen LogP contribution in [0.5, 0.6) is 5.75 Å². The van der Waals surface area contributed by atoms with Gasteiger partial charge in [-0.3, -0.25) is 14.2 Å². The van der Waals surface area contributed by atoms with Gasteiger partial charge in [-0.15, -0.1) is 11.5 Å². The van der Waals surface area contributed by atoms with Crippen LogP contribution in [0.1, 0.15) is 73.5 Å². The molecule has 1 aliphatic rings. The van der Waals surface area contributed by atoms with Crippen molar-refractivity contribution in [1.82, 2.24) is 14.9 Å². The topological polar surface area (TPSA) is 235 Å². The van der Waals surface area contributed by atoms with Gasteiger partial charge in [-0.25, -0.2) is 13.2 Å². The zero-order chi connectivity index (χ0) is 40.8. The van der Waals surface area contributed by atoms with Crippen LogP contribution in [0.3, 0.4) is 0 Å². The third-order valence-corrected chi connectivity index (χ3v) is 10.3. The molecule has 4 aromatic rings. The Morgan fingerprint density at radius 2 is 1.81 bits per heavy atom. The molecule has 292 valence electrons. The molecule has 0 bridgehead atoms. The van der Waals surface area contributed by atoms with Crippen LogP contribution in [0.2, 0.25) is 15.1 Å². The first-order chi connectivity index (χ1) is 24.9. The van der Waals surface area contributed by atoms with Gasteiger partial charge in [-0.2, -0.15) is 4.68 Å². The average Bonchev–Trinajstić information content (AvgIpc) is 3.65. The molecule has 0 spiro atoms. The van der Waals surface area contributed by atoms with Crippen LogP contribution in [0, 0.1) is 12.3 Å². The minimum Gasteiger partial charge on any atom is -0.480 e. The van der Waals surface area contributed by atoms with Crippen LogP contribution in [-0.2, 0) is 24.6 Å². The summed E-state index contributed by atoms with van der Waals surface area (Å²) in [7, 11) is -6.67. The normalized spacial score (nSPS) is 14.3. The van der Waals surface area contributed by atoms with Crippen molar-refractivity contribution in [3.63, 3.8) is 0 Å². The second-order valence-electron chi connectivity index (χ2n) is 13.2. The number of aliphatic carboxylic acids is 1. The number of carboxylic acids is 1. The van der Waals surface area contributed by atoms with Gasteiger partial charge in [-0.1, -0.05) is 66.7 Å². The maximum atomic E-state index is 12.6. The minimum atomic E-state index is -3.57. The standard InChI is InChI=1S/C15H14Cl2N2O3.C14H12ClNO4S.C5H12NO4P/c1-5-6-21-12-8-11(9(16)7-10(12)17)19-14(20)22-13(18-19)15(2,3)4;1-21(18,19)12-6-9(15)4-5-10(12)13(17)11-7-16-20-14(11)8-2-3-8;1-11(9,10)3-2-4(6)5(7)8/h1,7-8H,6H2,2-4H3;4-8H,2-3H2,1H3;4H,2-3,6H2,1H3,(H,7,8)(H,9,10). The van der Waals surface area contributed by atoms with Gasteiger partial charge in [0.05, 0.1) is 32.4 Å². The number of carboxylic acid groups (broad SMARTS) is 1. The van der Waals surface area contributed by atoms with Crippen LogP contribution in [0.4, 0.5) is 0 Å². The molecule has 2 unspecified atom stereocenters. The smallest absolute Gasteiger partial charge is 0.442 e. The summed E-state index contributed by atoms with van der Waals surface area (Å²) in [6, 6.07) is 6.13. The quantitative estimate of drug-likeness (QED) is 0.0897. The van der Waals surface area contributed by atoms with Crippen molar-refractivity contribution in [2.24, 2.45) is 5.73 Å². The summed E-state index contributed by atoms with van der Waals surface area (Å²) in [5.41, 5.74) is 5.40. The summed E-state index contributed by atoms with van der Waals surface area (Å²) < 4.78 is 51.1. The monoisotopic (exact) mass is 846 g/mol. The molecule has 2 heterocycles. The molecule has 54 heavy (non-hydrogen) atoms. The fourth-order valence-corrected chi connectivity index (χ4v) is 6.75. The van der Waals surface area contributed by atoms with Gasteiger partial charge in [0.1, 0.15) is 18.4 Å². The second-order valence-corrected chi connectivity index (χ2v) is 19.0. The number of hydrogen-bond donors (Lipinski definition) is 3. The van der Waals surface area contributed by atoms with Gasteiger partial charge in [0.25, 0.3) is 0 Å². The van der Waals surface area contributed by atoms with Crippen molar-refractivity contribution in [2.45, 2.75) is 62.3 Å². The zero-order valence-corrected chi connectivity index (χ0v) is 33.7. The van der Waals surface area contributed by atoms with E-state index in [2.05, 4.69) is 16.2 Å². The Morgan fingerprint density at radius 3 is 2.33 bits per heavy atom. The number of nitrogens with two attached hydrogens (primary N) is 1. The largest absolute Gasteiger partial charge is 0.480 e. The van der Waals surface area contributed by atoms with Crippen LogP contribution >= 0.6 is 42.2 Å². The van der Waals surface area contributed by atoms with E-state index in [1.165, 1.54) is 43.2 Å². The summed E-state index contributed by atoms with van der Waals surface area (Å²) in [6.07, 6.45) is 9.45. The number of aromatic nitrogens is 3. The van der Waals surface area contributed by atoms with Crippen molar-refractivity contribution < 1.29 is 46.2 Å². The van der Waals surface area contributed by atoms with Crippen LogP contribution in [-0.4, -0.2) is 76.8 Å². The van der Waals surface area contributed by atoms with Gasteiger partial charge in [0.2, 0.25) is 5.89 Å². The zero-order valence-electron chi connectivity index (χ0n) is 29.7. The number of ketones is 1. The first-order valence-electron chi connectivity index (χ1n) is 15.9. The van der Waals surface area contributed by atoms with E-state index in [9.17, 15) is 27.4 Å². The van der Waals surface area contributed by atoms with E-state index in [0.717, 1.165) is 23.8 Å². The summed E-state index contributed by atoms with van der Waals surface area (Å²) in [5, 5.41) is 16.9. The molecule has 1 fully saturated rings. The molecule has 0 aliphatic heterocycles. The number of hydrogen-bond acceptors (Lipinski definition) is 12. The molecule has 1 saturated carbocycles. The molecule has 5 rings (SSSR count). The number of sulfone groups is 1. The first kappa shape index (κ1) is 44.5. The summed E-state index contributed by atoms with van der Waals surface area (Å²) in [5.74, 6) is 1.50. The SMILES string of the molecule is C#CCOc1cc(-n2nc(C(C)(C)C)oc2=O)c(Cl)cc1Cl.CP(=O)(O)CCC(N)C(=O)O.CS(=O)(=O)c1cc(Cl)ccc1C(=O)c1cnoc1C1CC1. The first-order valence-corrected chi connectivity index (χ1v) is 21.2. The van der Waals surface area contributed by atoms with E-state index in [1.807, 2.05) is 20.8 Å². The molecule has 4 N–H and O–H groups in total. The van der Waals surface area contributed by atoms with Gasteiger partial charge >= 0.3 is 11.7 Å². The minimum absolute atomic E-state index is 0.0412. The molecule has 2 atom stereocenters. The van der Waals surface area contributed by atoms with Crippen LogP contribution < -0.4 is 16.2 Å². The molecule has 20 heteroatoms. The van der Waals surface area contributed by atoms with Crippen molar-refractivity contribution >= 4 is 63.8 Å². The Hall–Kier alpha value is -3.94. The van der Waals surface area contributed by atoms with Crippen LogP contribution in [0.15, 0.2) is 55.2 Å². The number of nitrogens with zero attached hydrogens (tertiary/aromatic N) is 3. The molecule has 0 amide bonds. The third kappa shape index (κ3) is 12.6.